The van der Waals surface area contributed by atoms with Crippen molar-refractivity contribution in [1.82, 2.24) is 9.46 Å². The highest BCUT2D eigenvalue weighted by Gasteiger charge is 2.52. The molecule has 2 fully saturated rings. The average molecular weight is 376 g/mol. The number of aliphatic hydroxyl groups is 1. The maximum atomic E-state index is 13.2. The van der Waals surface area contributed by atoms with Crippen molar-refractivity contribution in [3.63, 3.8) is 0 Å². The van der Waals surface area contributed by atoms with Crippen molar-refractivity contribution < 1.29 is 18.0 Å². The summed E-state index contributed by atoms with van der Waals surface area (Å²) in [6.07, 6.45) is 2.50. The molecule has 0 amide bonds. The minimum atomic E-state index is -3.68. The molecule has 1 aromatic carbocycles. The summed E-state index contributed by atoms with van der Waals surface area (Å²) in [5, 5.41) is 15.3. The lowest BCUT2D eigenvalue weighted by atomic mass is 9.67. The molecule has 1 aromatic heterocycles. The van der Waals surface area contributed by atoms with Crippen LogP contribution in [0.25, 0.3) is 0 Å². The molecule has 1 aliphatic heterocycles. The van der Waals surface area contributed by atoms with Crippen LogP contribution in [-0.2, 0) is 15.6 Å². The van der Waals surface area contributed by atoms with Crippen molar-refractivity contribution in [1.29, 1.82) is 0 Å². The Labute approximate surface area is 153 Å². The Kier molecular flexibility index (Phi) is 4.21. The first-order valence-corrected chi connectivity index (χ1v) is 10.5. The van der Waals surface area contributed by atoms with Crippen LogP contribution < -0.4 is 0 Å². The number of benzene rings is 1. The summed E-state index contributed by atoms with van der Waals surface area (Å²) >= 11 is 0. The number of sulfonamides is 1. The molecule has 26 heavy (non-hydrogen) atoms. The predicted octanol–water partition coefficient (Wildman–Crippen LogP) is 2.60. The molecular formula is C19H24N2O4S. The van der Waals surface area contributed by atoms with Crippen molar-refractivity contribution in [3.8, 4) is 0 Å². The minimum Gasteiger partial charge on any atom is -0.385 e. The first-order chi connectivity index (χ1) is 12.3. The van der Waals surface area contributed by atoms with Gasteiger partial charge in [0.05, 0.1) is 5.60 Å². The van der Waals surface area contributed by atoms with Crippen LogP contribution in [-0.4, -0.2) is 36.1 Å². The number of nitrogens with zero attached hydrogens (tertiary/aromatic N) is 2. The SMILES string of the molecule is Cc1noc(C)c1S(=O)(=O)N1C[C@H]2CCC[C@](O)(c3ccccc3)[C@H]2C1. The first-order valence-electron chi connectivity index (χ1n) is 9.05. The number of fused-ring (bicyclic) bond motifs is 1. The normalized spacial score (nSPS) is 29.7. The molecule has 3 atom stereocenters. The third-order valence-corrected chi connectivity index (χ3v) is 8.07. The lowest BCUT2D eigenvalue weighted by molar-refractivity contribution is -0.0640. The van der Waals surface area contributed by atoms with E-state index in [0.717, 1.165) is 18.4 Å². The topological polar surface area (TPSA) is 83.6 Å². The fraction of sp³-hybridized carbons (Fsp3) is 0.526. The van der Waals surface area contributed by atoms with Crippen molar-refractivity contribution in [2.75, 3.05) is 13.1 Å². The van der Waals surface area contributed by atoms with E-state index in [9.17, 15) is 13.5 Å². The highest BCUT2D eigenvalue weighted by atomic mass is 32.2. The summed E-state index contributed by atoms with van der Waals surface area (Å²) < 4.78 is 32.9. The summed E-state index contributed by atoms with van der Waals surface area (Å²) in [5.41, 5.74) is 0.287. The van der Waals surface area contributed by atoms with E-state index in [2.05, 4.69) is 5.16 Å². The molecule has 0 bridgehead atoms. The monoisotopic (exact) mass is 376 g/mol. The van der Waals surface area contributed by atoms with E-state index in [0.29, 0.717) is 31.0 Å². The second-order valence-electron chi connectivity index (χ2n) is 7.52. The van der Waals surface area contributed by atoms with Gasteiger partial charge in [0, 0.05) is 19.0 Å². The summed E-state index contributed by atoms with van der Waals surface area (Å²) in [7, 11) is -3.68. The Balaban J connectivity index is 1.68. The van der Waals surface area contributed by atoms with Gasteiger partial charge in [-0.2, -0.15) is 4.31 Å². The van der Waals surface area contributed by atoms with Gasteiger partial charge in [-0.05, 0) is 44.6 Å². The van der Waals surface area contributed by atoms with E-state index in [1.807, 2.05) is 30.3 Å². The molecule has 2 heterocycles. The number of aryl methyl sites for hydroxylation is 2. The highest BCUT2D eigenvalue weighted by Crippen LogP contribution is 2.49. The maximum Gasteiger partial charge on any atom is 0.248 e. The zero-order chi connectivity index (χ0) is 18.5. The van der Waals surface area contributed by atoms with Crippen LogP contribution >= 0.6 is 0 Å². The van der Waals surface area contributed by atoms with E-state index in [1.165, 1.54) is 4.31 Å². The largest absolute Gasteiger partial charge is 0.385 e. The molecule has 0 spiro atoms. The van der Waals surface area contributed by atoms with E-state index in [-0.39, 0.29) is 16.7 Å². The number of hydrogen-bond donors (Lipinski definition) is 1. The quantitative estimate of drug-likeness (QED) is 0.890. The van der Waals surface area contributed by atoms with Crippen LogP contribution in [0.5, 0.6) is 0 Å². The Morgan fingerprint density at radius 3 is 2.62 bits per heavy atom. The van der Waals surface area contributed by atoms with Gasteiger partial charge in [0.25, 0.3) is 0 Å². The standard InChI is InChI=1S/C19H24N2O4S/c1-13-18(14(2)25-20-13)26(23,24)21-11-15-7-6-10-19(22,17(15)12-21)16-8-4-3-5-9-16/h3-5,8-9,15,17,22H,6-7,10-12H2,1-2H3/t15-,17+,19+/m1/s1. The fourth-order valence-electron chi connectivity index (χ4n) is 4.74. The summed E-state index contributed by atoms with van der Waals surface area (Å²) in [5.74, 6) is 0.369. The second-order valence-corrected chi connectivity index (χ2v) is 9.40. The van der Waals surface area contributed by atoms with E-state index in [4.69, 9.17) is 4.52 Å². The third kappa shape index (κ3) is 2.61. The van der Waals surface area contributed by atoms with Crippen LogP contribution in [0.3, 0.4) is 0 Å². The van der Waals surface area contributed by atoms with Gasteiger partial charge in [0.2, 0.25) is 10.0 Å². The Hall–Kier alpha value is -1.70. The van der Waals surface area contributed by atoms with Gasteiger partial charge in [-0.25, -0.2) is 8.42 Å². The molecule has 1 saturated heterocycles. The van der Waals surface area contributed by atoms with Crippen molar-refractivity contribution in [3.05, 3.63) is 47.3 Å². The number of hydrogen-bond acceptors (Lipinski definition) is 5. The van der Waals surface area contributed by atoms with Crippen LogP contribution in [0.15, 0.2) is 39.8 Å². The van der Waals surface area contributed by atoms with E-state index < -0.39 is 15.6 Å². The molecule has 4 rings (SSSR count). The van der Waals surface area contributed by atoms with Gasteiger partial charge >= 0.3 is 0 Å². The molecule has 1 N–H and O–H groups in total. The highest BCUT2D eigenvalue weighted by molar-refractivity contribution is 7.89. The Morgan fingerprint density at radius 2 is 1.96 bits per heavy atom. The molecule has 7 heteroatoms. The Bertz CT molecular complexity index is 889. The van der Waals surface area contributed by atoms with Gasteiger partial charge in [-0.15, -0.1) is 0 Å². The summed E-state index contributed by atoms with van der Waals surface area (Å²) in [6.45, 7) is 4.03. The number of aromatic nitrogens is 1. The van der Waals surface area contributed by atoms with Gasteiger partial charge in [0.15, 0.2) is 5.76 Å². The summed E-state index contributed by atoms with van der Waals surface area (Å²) in [6, 6.07) is 9.65. The maximum absolute atomic E-state index is 13.2. The molecule has 2 aromatic rings. The molecule has 1 saturated carbocycles. The average Bonchev–Trinajstić information content (AvgIpc) is 3.21. The first kappa shape index (κ1) is 17.7. The zero-order valence-corrected chi connectivity index (χ0v) is 15.9. The number of rotatable bonds is 3. The van der Waals surface area contributed by atoms with E-state index >= 15 is 0 Å². The minimum absolute atomic E-state index is 0.103. The van der Waals surface area contributed by atoms with Crippen LogP contribution in [0.1, 0.15) is 36.3 Å². The second kappa shape index (κ2) is 6.18. The molecule has 0 radical (unpaired) electrons. The smallest absolute Gasteiger partial charge is 0.248 e. The predicted molar refractivity (Wildman–Crippen MR) is 95.9 cm³/mol. The van der Waals surface area contributed by atoms with Crippen molar-refractivity contribution >= 4 is 10.0 Å². The van der Waals surface area contributed by atoms with E-state index in [1.54, 1.807) is 13.8 Å². The fourth-order valence-corrected chi connectivity index (χ4v) is 6.55. The van der Waals surface area contributed by atoms with Gasteiger partial charge < -0.3 is 9.63 Å². The van der Waals surface area contributed by atoms with Gasteiger partial charge in [-0.1, -0.05) is 35.5 Å². The molecule has 0 unspecified atom stereocenters. The molecule has 1 aliphatic carbocycles. The molecule has 6 nitrogen and oxygen atoms in total. The van der Waals surface area contributed by atoms with Crippen LogP contribution in [0.2, 0.25) is 0 Å². The Morgan fingerprint density at radius 1 is 1.23 bits per heavy atom. The molecular weight excluding hydrogens is 352 g/mol. The van der Waals surface area contributed by atoms with Crippen LogP contribution in [0.4, 0.5) is 0 Å². The van der Waals surface area contributed by atoms with Gasteiger partial charge in [0.1, 0.15) is 10.6 Å². The summed E-state index contributed by atoms with van der Waals surface area (Å²) in [4.78, 5) is 0.166. The molecule has 140 valence electrons. The lowest BCUT2D eigenvalue weighted by Gasteiger charge is -2.41. The van der Waals surface area contributed by atoms with Gasteiger partial charge in [-0.3, -0.25) is 0 Å². The van der Waals surface area contributed by atoms with Crippen molar-refractivity contribution in [2.24, 2.45) is 11.8 Å². The lowest BCUT2D eigenvalue weighted by Crippen LogP contribution is -2.42. The molecule has 2 aliphatic rings. The third-order valence-electron chi connectivity index (χ3n) is 5.99. The zero-order valence-electron chi connectivity index (χ0n) is 15.1. The van der Waals surface area contributed by atoms with Crippen LogP contribution in [0, 0.1) is 25.7 Å². The van der Waals surface area contributed by atoms with Crippen molar-refractivity contribution in [2.45, 2.75) is 43.6 Å².